The van der Waals surface area contributed by atoms with Crippen molar-refractivity contribution >= 4 is 40.0 Å². The lowest BCUT2D eigenvalue weighted by atomic mass is 10.4. The van der Waals surface area contributed by atoms with Gasteiger partial charge in [0.25, 0.3) is 4.58 Å². The van der Waals surface area contributed by atoms with Crippen molar-refractivity contribution in [3.63, 3.8) is 0 Å². The van der Waals surface area contributed by atoms with Crippen molar-refractivity contribution in [1.29, 1.82) is 0 Å². The standard InChI is InChI=1S/C5H9NOS3/c1-2-3-4(10-7)9-5(6)8/h4H,2-3H2,1H3,(H-,6,8)/p+1. The maximum absolute atomic E-state index is 10.3. The summed E-state index contributed by atoms with van der Waals surface area (Å²) in [4.78, 5) is 0. The van der Waals surface area contributed by atoms with Gasteiger partial charge in [0.05, 0.1) is 0 Å². The maximum Gasteiger partial charge on any atom is 0.474 e. The number of rotatable bonds is 4. The summed E-state index contributed by atoms with van der Waals surface area (Å²) in [6.45, 7) is 2.03. The Kier molecular flexibility index (Phi) is 6.16. The van der Waals surface area contributed by atoms with Crippen LogP contribution >= 0.6 is 24.0 Å². The lowest BCUT2D eigenvalue weighted by Crippen LogP contribution is -2.09. The van der Waals surface area contributed by atoms with Crippen LogP contribution in [0.1, 0.15) is 19.8 Å². The molecule has 0 spiro atoms. The van der Waals surface area contributed by atoms with Gasteiger partial charge >= 0.3 is 11.7 Å². The van der Waals surface area contributed by atoms with Crippen LogP contribution in [0, 0.1) is 0 Å². The molecule has 0 aliphatic carbocycles. The third-order valence-corrected chi connectivity index (χ3v) is 2.87. The van der Waals surface area contributed by atoms with E-state index in [1.165, 1.54) is 11.8 Å². The van der Waals surface area contributed by atoms with Gasteiger partial charge in [-0.1, -0.05) is 19.1 Å². The van der Waals surface area contributed by atoms with E-state index < -0.39 is 0 Å². The topological polar surface area (TPSA) is 43.1 Å². The largest absolute Gasteiger partial charge is 0.474 e. The van der Waals surface area contributed by atoms with E-state index in [0.29, 0.717) is 16.0 Å². The van der Waals surface area contributed by atoms with Gasteiger partial charge in [-0.2, -0.15) is 0 Å². The Bertz CT molecular complexity index is 128. The molecule has 0 aliphatic heterocycles. The molecule has 0 aromatic carbocycles. The Labute approximate surface area is 74.4 Å². The molecule has 58 valence electrons. The number of thiocarbonyl (C=S) groups is 1. The van der Waals surface area contributed by atoms with Crippen molar-refractivity contribution in [2.45, 2.75) is 24.3 Å². The van der Waals surface area contributed by atoms with Crippen molar-refractivity contribution < 1.29 is 4.21 Å². The SMILES string of the molecule is CCCC(SC(N)=S)[S+]=O. The summed E-state index contributed by atoms with van der Waals surface area (Å²) < 4.78 is 10.7. The van der Waals surface area contributed by atoms with E-state index in [2.05, 4.69) is 12.2 Å². The van der Waals surface area contributed by atoms with Crippen molar-refractivity contribution in [2.75, 3.05) is 0 Å². The zero-order valence-corrected chi connectivity index (χ0v) is 8.15. The molecule has 10 heavy (non-hydrogen) atoms. The van der Waals surface area contributed by atoms with Crippen LogP contribution in [0.4, 0.5) is 0 Å². The second-order valence-corrected chi connectivity index (χ2v) is 4.75. The van der Waals surface area contributed by atoms with Crippen LogP contribution in [0.3, 0.4) is 0 Å². The fourth-order valence-corrected chi connectivity index (χ4v) is 2.44. The van der Waals surface area contributed by atoms with Crippen LogP contribution in [0.15, 0.2) is 0 Å². The zero-order chi connectivity index (χ0) is 7.98. The van der Waals surface area contributed by atoms with Crippen molar-refractivity contribution in [3.05, 3.63) is 0 Å². The molecule has 2 N–H and O–H groups in total. The molecule has 0 saturated heterocycles. The lowest BCUT2D eigenvalue weighted by Gasteiger charge is -1.94. The molecule has 1 atom stereocenters. The molecule has 1 unspecified atom stereocenters. The number of thioether (sulfide) groups is 1. The van der Waals surface area contributed by atoms with Crippen molar-refractivity contribution in [3.8, 4) is 0 Å². The summed E-state index contributed by atoms with van der Waals surface area (Å²) in [7, 11) is 0. The highest BCUT2D eigenvalue weighted by Gasteiger charge is 2.21. The fraction of sp³-hybridized carbons (Fsp3) is 0.800. The van der Waals surface area contributed by atoms with Crippen LogP contribution in [-0.2, 0) is 15.9 Å². The van der Waals surface area contributed by atoms with Crippen molar-refractivity contribution in [1.82, 2.24) is 0 Å². The van der Waals surface area contributed by atoms with Gasteiger partial charge in [0, 0.05) is 10.6 Å². The average molecular weight is 196 g/mol. The van der Waals surface area contributed by atoms with Crippen LogP contribution in [-0.4, -0.2) is 8.90 Å². The smallest absolute Gasteiger partial charge is 0.384 e. The molecule has 0 radical (unpaired) electrons. The predicted molar refractivity (Wildman–Crippen MR) is 51.1 cm³/mol. The molecule has 0 aliphatic rings. The van der Waals surface area contributed by atoms with Crippen LogP contribution in [0.2, 0.25) is 0 Å². The van der Waals surface area contributed by atoms with Gasteiger partial charge in [0.1, 0.15) is 4.32 Å². The monoisotopic (exact) mass is 196 g/mol. The molecule has 5 heteroatoms. The molecule has 2 nitrogen and oxygen atoms in total. The lowest BCUT2D eigenvalue weighted by molar-refractivity contribution is 0.602. The molecule has 0 fully saturated rings. The maximum atomic E-state index is 10.3. The number of hydrogen-bond acceptors (Lipinski definition) is 3. The first-order valence-corrected chi connectivity index (χ1v) is 5.04. The number of hydrogen-bond donors (Lipinski definition) is 1. The normalized spacial score (nSPS) is 12.5. The van der Waals surface area contributed by atoms with Gasteiger partial charge in [0.15, 0.2) is 0 Å². The quantitative estimate of drug-likeness (QED) is 0.420. The molecule has 0 saturated carbocycles. The molecular weight excluding hydrogens is 186 g/mol. The Morgan fingerprint density at radius 2 is 2.50 bits per heavy atom. The molecule has 0 amide bonds. The first-order chi connectivity index (χ1) is 4.70. The molecule has 0 aromatic heterocycles. The van der Waals surface area contributed by atoms with Gasteiger partial charge < -0.3 is 5.73 Å². The zero-order valence-electron chi connectivity index (χ0n) is 5.70. The van der Waals surface area contributed by atoms with Gasteiger partial charge in [-0.3, -0.25) is 0 Å². The van der Waals surface area contributed by atoms with E-state index in [1.54, 1.807) is 0 Å². The Morgan fingerprint density at radius 1 is 1.90 bits per heavy atom. The minimum atomic E-state index is 0.00231. The Hall–Kier alpha value is 0.260. The van der Waals surface area contributed by atoms with E-state index in [1.807, 2.05) is 6.92 Å². The van der Waals surface area contributed by atoms with E-state index in [4.69, 9.17) is 5.73 Å². The molecule has 0 aromatic rings. The third-order valence-electron chi connectivity index (χ3n) is 0.879. The first kappa shape index (κ1) is 10.3. The average Bonchev–Trinajstić information content (AvgIpc) is 1.86. The van der Waals surface area contributed by atoms with Crippen molar-refractivity contribution in [2.24, 2.45) is 5.73 Å². The summed E-state index contributed by atoms with van der Waals surface area (Å²) in [6, 6.07) is 0. The highest BCUT2D eigenvalue weighted by Crippen LogP contribution is 2.15. The van der Waals surface area contributed by atoms with Crippen LogP contribution in [0.5, 0.6) is 0 Å². The predicted octanol–water partition coefficient (Wildman–Crippen LogP) is 1.52. The van der Waals surface area contributed by atoms with Gasteiger partial charge in [0.2, 0.25) is 0 Å². The molecule has 0 bridgehead atoms. The van der Waals surface area contributed by atoms with E-state index >= 15 is 0 Å². The minimum Gasteiger partial charge on any atom is -0.384 e. The Morgan fingerprint density at radius 3 is 2.80 bits per heavy atom. The molecule has 0 rings (SSSR count). The third kappa shape index (κ3) is 5.08. The Balaban J connectivity index is 3.59. The molecule has 0 heterocycles. The van der Waals surface area contributed by atoms with E-state index in [-0.39, 0.29) is 4.58 Å². The summed E-state index contributed by atoms with van der Waals surface area (Å²) in [6.07, 6.45) is 1.87. The van der Waals surface area contributed by atoms with E-state index in [9.17, 15) is 4.21 Å². The minimum absolute atomic E-state index is 0.00231. The second kappa shape index (κ2) is 6.00. The number of nitrogens with two attached hydrogens (primary N) is 1. The second-order valence-electron chi connectivity index (χ2n) is 1.75. The highest BCUT2D eigenvalue weighted by molar-refractivity contribution is 8.26. The first-order valence-electron chi connectivity index (χ1n) is 2.95. The highest BCUT2D eigenvalue weighted by atomic mass is 32.2. The van der Waals surface area contributed by atoms with Crippen LogP contribution < -0.4 is 5.73 Å². The fourth-order valence-electron chi connectivity index (χ4n) is 0.492. The summed E-state index contributed by atoms with van der Waals surface area (Å²) in [5.41, 5.74) is 5.24. The summed E-state index contributed by atoms with van der Waals surface area (Å²) >= 11 is 6.49. The van der Waals surface area contributed by atoms with Gasteiger partial charge in [-0.15, -0.1) is 0 Å². The van der Waals surface area contributed by atoms with Gasteiger partial charge in [-0.05, 0) is 18.2 Å². The molecular formula is C5H10NOS3+. The van der Waals surface area contributed by atoms with Crippen LogP contribution in [0.25, 0.3) is 0 Å². The summed E-state index contributed by atoms with van der Waals surface area (Å²) in [5.74, 6) is 0. The summed E-state index contributed by atoms with van der Waals surface area (Å²) in [5, 5.41) is 0. The van der Waals surface area contributed by atoms with E-state index in [0.717, 1.165) is 12.8 Å². The van der Waals surface area contributed by atoms with Gasteiger partial charge in [-0.25, -0.2) is 0 Å².